The van der Waals surface area contributed by atoms with E-state index in [2.05, 4.69) is 10.2 Å². The highest BCUT2D eigenvalue weighted by Gasteiger charge is 2.09. The molecule has 1 N–H and O–H groups in total. The van der Waals surface area contributed by atoms with Gasteiger partial charge in [-0.1, -0.05) is 12.5 Å². The number of benzene rings is 1. The topological polar surface area (TPSA) is 50.8 Å². The number of amides is 1. The van der Waals surface area contributed by atoms with Crippen molar-refractivity contribution in [1.82, 2.24) is 10.2 Å². The highest BCUT2D eigenvalue weighted by atomic mass is 16.5. The first kappa shape index (κ1) is 16.6. The van der Waals surface area contributed by atoms with Crippen molar-refractivity contribution in [3.05, 3.63) is 24.3 Å². The quantitative estimate of drug-likeness (QED) is 0.799. The summed E-state index contributed by atoms with van der Waals surface area (Å²) in [4.78, 5) is 14.2. The van der Waals surface area contributed by atoms with E-state index in [4.69, 9.17) is 9.47 Å². The van der Waals surface area contributed by atoms with Crippen molar-refractivity contribution in [2.45, 2.75) is 25.7 Å². The van der Waals surface area contributed by atoms with Crippen LogP contribution in [0.25, 0.3) is 0 Å². The maximum atomic E-state index is 11.8. The molecule has 0 spiro atoms. The van der Waals surface area contributed by atoms with E-state index in [-0.39, 0.29) is 5.91 Å². The maximum absolute atomic E-state index is 11.8. The fourth-order valence-corrected chi connectivity index (χ4v) is 2.58. The van der Waals surface area contributed by atoms with E-state index in [0.717, 1.165) is 37.7 Å². The Labute approximate surface area is 132 Å². The van der Waals surface area contributed by atoms with E-state index >= 15 is 0 Å². The summed E-state index contributed by atoms with van der Waals surface area (Å²) in [6.45, 7) is 4.37. The molecule has 5 heteroatoms. The predicted octanol–water partition coefficient (Wildman–Crippen LogP) is 2.07. The lowest BCUT2D eigenvalue weighted by atomic mass is 10.1. The highest BCUT2D eigenvalue weighted by Crippen LogP contribution is 2.18. The summed E-state index contributed by atoms with van der Waals surface area (Å²) in [5.74, 6) is 1.52. The summed E-state index contributed by atoms with van der Waals surface area (Å²) in [6, 6.07) is 7.40. The van der Waals surface area contributed by atoms with Gasteiger partial charge in [0.25, 0.3) is 0 Å². The molecular formula is C17H26N2O3. The molecule has 1 aromatic rings. The summed E-state index contributed by atoms with van der Waals surface area (Å²) in [6.07, 6.45) is 4.27. The molecule has 1 aliphatic rings. The second-order valence-corrected chi connectivity index (χ2v) is 5.53. The molecule has 1 saturated heterocycles. The van der Waals surface area contributed by atoms with Crippen LogP contribution >= 0.6 is 0 Å². The Kier molecular flexibility index (Phi) is 7.03. The zero-order valence-corrected chi connectivity index (χ0v) is 13.3. The minimum atomic E-state index is 0.0416. The molecule has 22 heavy (non-hydrogen) atoms. The number of hydrogen-bond acceptors (Lipinski definition) is 4. The Morgan fingerprint density at radius 2 is 2.00 bits per heavy atom. The van der Waals surface area contributed by atoms with Crippen molar-refractivity contribution in [1.29, 1.82) is 0 Å². The summed E-state index contributed by atoms with van der Waals surface area (Å²) >= 11 is 0. The monoisotopic (exact) mass is 306 g/mol. The van der Waals surface area contributed by atoms with Crippen LogP contribution in [0.1, 0.15) is 25.7 Å². The van der Waals surface area contributed by atoms with Crippen LogP contribution in [0.3, 0.4) is 0 Å². The molecule has 2 rings (SSSR count). The predicted molar refractivity (Wildman–Crippen MR) is 86.4 cm³/mol. The first-order valence-corrected chi connectivity index (χ1v) is 8.04. The molecule has 1 aromatic carbocycles. The van der Waals surface area contributed by atoms with Gasteiger partial charge in [0, 0.05) is 19.2 Å². The number of nitrogens with zero attached hydrogens (tertiary/aromatic N) is 1. The minimum Gasteiger partial charge on any atom is -0.497 e. The van der Waals surface area contributed by atoms with E-state index in [1.165, 1.54) is 19.3 Å². The second kappa shape index (κ2) is 9.30. The number of carbonyl (C=O) groups excluding carboxylic acids is 1. The Morgan fingerprint density at radius 1 is 1.23 bits per heavy atom. The Morgan fingerprint density at radius 3 is 2.77 bits per heavy atom. The Hall–Kier alpha value is -1.75. The van der Waals surface area contributed by atoms with E-state index in [1.807, 2.05) is 24.3 Å². The summed E-state index contributed by atoms with van der Waals surface area (Å²) in [5.41, 5.74) is 0. The van der Waals surface area contributed by atoms with Gasteiger partial charge in [0.2, 0.25) is 5.91 Å². The number of methoxy groups -OCH3 is 1. The lowest BCUT2D eigenvalue weighted by Gasteiger charge is -2.26. The van der Waals surface area contributed by atoms with Gasteiger partial charge in [-0.05, 0) is 38.1 Å². The SMILES string of the molecule is COc1cccc(OCCC(=O)NCCN2CCCCC2)c1. The number of rotatable bonds is 8. The van der Waals surface area contributed by atoms with E-state index in [9.17, 15) is 4.79 Å². The van der Waals surface area contributed by atoms with Crippen molar-refractivity contribution in [3.63, 3.8) is 0 Å². The van der Waals surface area contributed by atoms with Gasteiger partial charge in [-0.15, -0.1) is 0 Å². The fourth-order valence-electron chi connectivity index (χ4n) is 2.58. The Balaban J connectivity index is 1.57. The first-order chi connectivity index (χ1) is 10.8. The zero-order chi connectivity index (χ0) is 15.6. The highest BCUT2D eigenvalue weighted by molar-refractivity contribution is 5.75. The smallest absolute Gasteiger partial charge is 0.223 e. The number of piperidine rings is 1. The van der Waals surface area contributed by atoms with Gasteiger partial charge < -0.3 is 19.7 Å². The lowest BCUT2D eigenvalue weighted by molar-refractivity contribution is -0.121. The average Bonchev–Trinajstić information content (AvgIpc) is 2.56. The third-order valence-corrected chi connectivity index (χ3v) is 3.84. The van der Waals surface area contributed by atoms with Gasteiger partial charge >= 0.3 is 0 Å². The zero-order valence-electron chi connectivity index (χ0n) is 13.3. The van der Waals surface area contributed by atoms with Crippen LogP contribution in [0.15, 0.2) is 24.3 Å². The van der Waals surface area contributed by atoms with Gasteiger partial charge in [0.15, 0.2) is 0 Å². The van der Waals surface area contributed by atoms with Crippen molar-refractivity contribution < 1.29 is 14.3 Å². The summed E-state index contributed by atoms with van der Waals surface area (Å²) in [5, 5.41) is 2.95. The number of likely N-dealkylation sites (tertiary alicyclic amines) is 1. The van der Waals surface area contributed by atoms with Crippen LogP contribution < -0.4 is 14.8 Å². The van der Waals surface area contributed by atoms with Crippen LogP contribution in [0.4, 0.5) is 0 Å². The molecule has 0 aliphatic carbocycles. The van der Waals surface area contributed by atoms with Crippen LogP contribution in [0.2, 0.25) is 0 Å². The standard InChI is InChI=1S/C17H26N2O3/c1-21-15-6-5-7-16(14-15)22-13-8-17(20)18-9-12-19-10-3-2-4-11-19/h5-7,14H,2-4,8-13H2,1H3,(H,18,20). The second-order valence-electron chi connectivity index (χ2n) is 5.53. The van der Waals surface area contributed by atoms with E-state index < -0.39 is 0 Å². The molecule has 0 aromatic heterocycles. The largest absolute Gasteiger partial charge is 0.497 e. The van der Waals surface area contributed by atoms with E-state index in [1.54, 1.807) is 7.11 Å². The van der Waals surface area contributed by atoms with Crippen molar-refractivity contribution in [3.8, 4) is 11.5 Å². The van der Waals surface area contributed by atoms with Crippen LogP contribution in [-0.4, -0.2) is 50.7 Å². The molecule has 0 radical (unpaired) electrons. The minimum absolute atomic E-state index is 0.0416. The molecule has 122 valence electrons. The lowest BCUT2D eigenvalue weighted by Crippen LogP contribution is -2.37. The first-order valence-electron chi connectivity index (χ1n) is 8.04. The number of hydrogen-bond donors (Lipinski definition) is 1. The van der Waals surface area contributed by atoms with Gasteiger partial charge in [-0.25, -0.2) is 0 Å². The molecule has 1 aliphatic heterocycles. The van der Waals surface area contributed by atoms with Gasteiger partial charge in [-0.3, -0.25) is 4.79 Å². The number of nitrogens with one attached hydrogen (secondary N) is 1. The van der Waals surface area contributed by atoms with Crippen LogP contribution in [0.5, 0.6) is 11.5 Å². The molecule has 0 bridgehead atoms. The van der Waals surface area contributed by atoms with Gasteiger partial charge in [0.1, 0.15) is 11.5 Å². The molecule has 5 nitrogen and oxygen atoms in total. The van der Waals surface area contributed by atoms with Crippen molar-refractivity contribution >= 4 is 5.91 Å². The van der Waals surface area contributed by atoms with Crippen LogP contribution in [0, 0.1) is 0 Å². The summed E-state index contributed by atoms with van der Waals surface area (Å²) < 4.78 is 10.7. The third kappa shape index (κ3) is 5.93. The molecule has 0 unspecified atom stereocenters. The van der Waals surface area contributed by atoms with Gasteiger partial charge in [0.05, 0.1) is 20.1 Å². The maximum Gasteiger partial charge on any atom is 0.223 e. The normalized spacial score (nSPS) is 15.3. The van der Waals surface area contributed by atoms with E-state index in [0.29, 0.717) is 13.0 Å². The van der Waals surface area contributed by atoms with Crippen molar-refractivity contribution in [2.24, 2.45) is 0 Å². The van der Waals surface area contributed by atoms with Crippen molar-refractivity contribution in [2.75, 3.05) is 39.9 Å². The number of carbonyl (C=O) groups is 1. The molecular weight excluding hydrogens is 280 g/mol. The van der Waals surface area contributed by atoms with Gasteiger partial charge in [-0.2, -0.15) is 0 Å². The molecule has 0 atom stereocenters. The molecule has 1 amide bonds. The molecule has 0 saturated carbocycles. The fraction of sp³-hybridized carbons (Fsp3) is 0.588. The number of ether oxygens (including phenoxy) is 2. The average molecular weight is 306 g/mol. The molecule has 1 fully saturated rings. The Bertz CT molecular complexity index is 459. The third-order valence-electron chi connectivity index (χ3n) is 3.84. The molecule has 1 heterocycles. The summed E-state index contributed by atoms with van der Waals surface area (Å²) in [7, 11) is 1.62. The van der Waals surface area contributed by atoms with Crippen LogP contribution in [-0.2, 0) is 4.79 Å².